The van der Waals surface area contributed by atoms with E-state index in [-0.39, 0.29) is 16.8 Å². The van der Waals surface area contributed by atoms with Crippen LogP contribution in [0.4, 0.5) is 11.5 Å². The highest BCUT2D eigenvalue weighted by molar-refractivity contribution is 6.05. The largest absolute Gasteiger partial charge is 0.493 e. The fraction of sp³-hybridized carbons (Fsp3) is 0.400. The third-order valence-corrected chi connectivity index (χ3v) is 6.12. The van der Waals surface area contributed by atoms with Crippen molar-refractivity contribution in [1.29, 1.82) is 0 Å². The Morgan fingerprint density at radius 1 is 1.06 bits per heavy atom. The molecule has 3 aromatic rings. The van der Waals surface area contributed by atoms with E-state index in [0.29, 0.717) is 28.6 Å². The number of hydrogen-bond donors (Lipinski definition) is 2. The summed E-state index contributed by atoms with van der Waals surface area (Å²) in [5.74, 6) is 1.25. The van der Waals surface area contributed by atoms with Gasteiger partial charge < -0.3 is 34.1 Å². The number of aromatic nitrogens is 2. The molecule has 4 rings (SSSR count). The molecular weight excluding hydrogens is 466 g/mol. The number of anilines is 2. The standard InChI is InChI=1S/C25H31N5O6/c1-29-19-14-22(26-5-6-30-7-9-36-10-8-30)27-15-17(19)11-18(25(29)32)28-24(31)16-12-20(33-2)23(35-4)21(13-16)34-3/h11-15H,5-10H2,1-4H3,(H,26,27)(H,28,31). The van der Waals surface area contributed by atoms with Gasteiger partial charge in [0.15, 0.2) is 11.5 Å². The Morgan fingerprint density at radius 2 is 1.75 bits per heavy atom. The lowest BCUT2D eigenvalue weighted by Crippen LogP contribution is -2.39. The first kappa shape index (κ1) is 25.3. The van der Waals surface area contributed by atoms with Crippen LogP contribution in [0.15, 0.2) is 35.3 Å². The molecule has 2 N–H and O–H groups in total. The maximum absolute atomic E-state index is 13.0. The molecule has 1 fully saturated rings. The van der Waals surface area contributed by atoms with E-state index in [1.807, 2.05) is 6.07 Å². The molecule has 1 aromatic carbocycles. The Hall–Kier alpha value is -3.83. The summed E-state index contributed by atoms with van der Waals surface area (Å²) < 4.78 is 22.8. The minimum atomic E-state index is -0.486. The molecule has 2 aromatic heterocycles. The van der Waals surface area contributed by atoms with E-state index < -0.39 is 5.91 Å². The van der Waals surface area contributed by atoms with Crippen LogP contribution in [0.2, 0.25) is 0 Å². The van der Waals surface area contributed by atoms with Crippen LogP contribution in [0.25, 0.3) is 10.9 Å². The third-order valence-electron chi connectivity index (χ3n) is 6.12. The number of morpholine rings is 1. The Balaban J connectivity index is 1.53. The quantitative estimate of drug-likeness (QED) is 0.458. The van der Waals surface area contributed by atoms with Crippen molar-refractivity contribution in [2.75, 3.05) is 71.4 Å². The fourth-order valence-electron chi connectivity index (χ4n) is 4.12. The number of carbonyl (C=O) groups is 1. The lowest BCUT2D eigenvalue weighted by Gasteiger charge is -2.26. The highest BCUT2D eigenvalue weighted by Crippen LogP contribution is 2.38. The highest BCUT2D eigenvalue weighted by Gasteiger charge is 2.19. The molecule has 0 bridgehead atoms. The van der Waals surface area contributed by atoms with E-state index in [1.54, 1.807) is 19.3 Å². The zero-order chi connectivity index (χ0) is 25.7. The zero-order valence-corrected chi connectivity index (χ0v) is 20.9. The molecule has 0 saturated carbocycles. The van der Waals surface area contributed by atoms with Gasteiger partial charge in [0.25, 0.3) is 11.5 Å². The minimum absolute atomic E-state index is 0.138. The first-order valence-corrected chi connectivity index (χ1v) is 11.6. The molecule has 0 spiro atoms. The maximum atomic E-state index is 13.0. The Bertz CT molecular complexity index is 1280. The number of aryl methyl sites for hydroxylation is 1. The first-order valence-electron chi connectivity index (χ1n) is 11.6. The van der Waals surface area contributed by atoms with Crippen LogP contribution in [0.5, 0.6) is 17.2 Å². The smallest absolute Gasteiger partial charge is 0.274 e. The van der Waals surface area contributed by atoms with Crippen molar-refractivity contribution in [2.24, 2.45) is 7.05 Å². The number of nitrogens with zero attached hydrogens (tertiary/aromatic N) is 3. The number of fused-ring (bicyclic) bond motifs is 1. The molecule has 11 heteroatoms. The molecule has 11 nitrogen and oxygen atoms in total. The average Bonchev–Trinajstić information content (AvgIpc) is 2.91. The number of carbonyl (C=O) groups excluding carboxylic acids is 1. The van der Waals surface area contributed by atoms with Gasteiger partial charge in [-0.05, 0) is 18.2 Å². The van der Waals surface area contributed by atoms with E-state index in [4.69, 9.17) is 18.9 Å². The molecule has 192 valence electrons. The summed E-state index contributed by atoms with van der Waals surface area (Å²) in [5.41, 5.74) is 0.756. The van der Waals surface area contributed by atoms with Crippen molar-refractivity contribution in [3.8, 4) is 17.2 Å². The van der Waals surface area contributed by atoms with Gasteiger partial charge in [-0.25, -0.2) is 4.98 Å². The van der Waals surface area contributed by atoms with Crippen molar-refractivity contribution in [3.05, 3.63) is 46.4 Å². The third kappa shape index (κ3) is 5.37. The van der Waals surface area contributed by atoms with Gasteiger partial charge in [-0.1, -0.05) is 0 Å². The SMILES string of the molecule is COc1cc(C(=O)Nc2cc3cnc(NCCN4CCOCC4)cc3n(C)c2=O)cc(OC)c1OC. The lowest BCUT2D eigenvalue weighted by atomic mass is 10.1. The van der Waals surface area contributed by atoms with Crippen molar-refractivity contribution >= 4 is 28.3 Å². The number of methoxy groups -OCH3 is 3. The normalized spacial score (nSPS) is 13.9. The van der Waals surface area contributed by atoms with Crippen molar-refractivity contribution in [1.82, 2.24) is 14.5 Å². The van der Waals surface area contributed by atoms with Gasteiger partial charge in [0.2, 0.25) is 5.75 Å². The minimum Gasteiger partial charge on any atom is -0.493 e. The van der Waals surface area contributed by atoms with Crippen LogP contribution < -0.4 is 30.4 Å². The highest BCUT2D eigenvalue weighted by atomic mass is 16.5. The molecule has 36 heavy (non-hydrogen) atoms. The summed E-state index contributed by atoms with van der Waals surface area (Å²) in [7, 11) is 6.09. The topological polar surface area (TPSA) is 116 Å². The average molecular weight is 498 g/mol. The van der Waals surface area contributed by atoms with Gasteiger partial charge >= 0.3 is 0 Å². The molecule has 0 unspecified atom stereocenters. The van der Waals surface area contributed by atoms with Crippen LogP contribution in [-0.2, 0) is 11.8 Å². The number of amides is 1. The molecule has 1 aliphatic rings. The summed E-state index contributed by atoms with van der Waals surface area (Å²) in [6.07, 6.45) is 1.68. The van der Waals surface area contributed by atoms with Gasteiger partial charge in [-0.2, -0.15) is 0 Å². The zero-order valence-electron chi connectivity index (χ0n) is 20.9. The summed E-state index contributed by atoms with van der Waals surface area (Å²) in [5, 5.41) is 6.74. The number of pyridine rings is 2. The molecular formula is C25H31N5O6. The fourth-order valence-corrected chi connectivity index (χ4v) is 4.12. The van der Waals surface area contributed by atoms with Gasteiger partial charge in [0.05, 0.1) is 40.1 Å². The van der Waals surface area contributed by atoms with E-state index in [1.165, 1.54) is 38.0 Å². The molecule has 0 atom stereocenters. The maximum Gasteiger partial charge on any atom is 0.274 e. The van der Waals surface area contributed by atoms with Gasteiger partial charge in [-0.3, -0.25) is 14.5 Å². The summed E-state index contributed by atoms with van der Waals surface area (Å²) in [6.45, 7) is 4.98. The molecule has 0 aliphatic carbocycles. The second kappa shape index (κ2) is 11.3. The molecule has 1 saturated heterocycles. The Morgan fingerprint density at radius 3 is 2.39 bits per heavy atom. The van der Waals surface area contributed by atoms with Gasteiger partial charge in [-0.15, -0.1) is 0 Å². The summed E-state index contributed by atoms with van der Waals surface area (Å²) in [6, 6.07) is 6.51. The number of rotatable bonds is 9. The number of ether oxygens (including phenoxy) is 4. The number of hydrogen-bond acceptors (Lipinski definition) is 9. The van der Waals surface area contributed by atoms with Crippen LogP contribution >= 0.6 is 0 Å². The van der Waals surface area contributed by atoms with Crippen LogP contribution in [0.1, 0.15) is 10.4 Å². The summed E-state index contributed by atoms with van der Waals surface area (Å²) in [4.78, 5) is 32.9. The van der Waals surface area contributed by atoms with E-state index >= 15 is 0 Å². The Kier molecular flexibility index (Phi) is 7.91. The van der Waals surface area contributed by atoms with Crippen LogP contribution in [0.3, 0.4) is 0 Å². The monoisotopic (exact) mass is 497 g/mol. The first-order chi connectivity index (χ1) is 17.4. The van der Waals surface area contributed by atoms with E-state index in [2.05, 4.69) is 20.5 Å². The Labute approximate surface area is 208 Å². The van der Waals surface area contributed by atoms with E-state index in [0.717, 1.165) is 44.8 Å². The molecule has 1 aliphatic heterocycles. The van der Waals surface area contributed by atoms with Crippen molar-refractivity contribution in [3.63, 3.8) is 0 Å². The number of nitrogens with one attached hydrogen (secondary N) is 2. The predicted molar refractivity (Wildman–Crippen MR) is 137 cm³/mol. The molecule has 1 amide bonds. The second-order valence-corrected chi connectivity index (χ2v) is 8.30. The van der Waals surface area contributed by atoms with Gasteiger partial charge in [0, 0.05) is 56.4 Å². The van der Waals surface area contributed by atoms with Crippen LogP contribution in [-0.4, -0.2) is 81.1 Å². The van der Waals surface area contributed by atoms with Crippen molar-refractivity contribution in [2.45, 2.75) is 0 Å². The van der Waals surface area contributed by atoms with Gasteiger partial charge in [0.1, 0.15) is 11.5 Å². The second-order valence-electron chi connectivity index (χ2n) is 8.30. The predicted octanol–water partition coefficient (Wildman–Crippen LogP) is 1.96. The van der Waals surface area contributed by atoms with E-state index in [9.17, 15) is 9.59 Å². The van der Waals surface area contributed by atoms with Crippen LogP contribution in [0, 0.1) is 0 Å². The number of benzene rings is 1. The lowest BCUT2D eigenvalue weighted by molar-refractivity contribution is 0.0398. The van der Waals surface area contributed by atoms with Crippen molar-refractivity contribution < 1.29 is 23.7 Å². The molecule has 0 radical (unpaired) electrons. The summed E-state index contributed by atoms with van der Waals surface area (Å²) >= 11 is 0. The molecule has 3 heterocycles.